The van der Waals surface area contributed by atoms with Gasteiger partial charge in [-0.2, -0.15) is 0 Å². The average Bonchev–Trinajstić information content (AvgIpc) is 3.71. The summed E-state index contributed by atoms with van der Waals surface area (Å²) >= 11 is 13.0. The third-order valence-corrected chi connectivity index (χ3v) is 9.19. The molecule has 1 aliphatic carbocycles. The SMILES string of the molecule is O=C(NS(=O)(=O)C1CC1)c1c(-c2ccc[nH]c2=O)c2cc(Cl)ccc2n1Cc1cnc2ccc(F)cc2c1Cl. The highest BCUT2D eigenvalue weighted by atomic mass is 35.5. The first kappa shape index (κ1) is 25.5. The molecule has 0 bridgehead atoms. The lowest BCUT2D eigenvalue weighted by atomic mass is 10.0. The van der Waals surface area contributed by atoms with Crippen molar-refractivity contribution < 1.29 is 17.6 Å². The molecule has 3 heterocycles. The molecule has 8 nitrogen and oxygen atoms in total. The Morgan fingerprint density at radius 2 is 1.92 bits per heavy atom. The first-order valence-electron chi connectivity index (χ1n) is 11.9. The number of nitrogens with one attached hydrogen (secondary N) is 2. The van der Waals surface area contributed by atoms with Crippen molar-refractivity contribution in [1.29, 1.82) is 0 Å². The van der Waals surface area contributed by atoms with Crippen LogP contribution in [0.5, 0.6) is 0 Å². The van der Waals surface area contributed by atoms with Gasteiger partial charge in [0.1, 0.15) is 11.5 Å². The van der Waals surface area contributed by atoms with Crippen LogP contribution < -0.4 is 10.3 Å². The maximum atomic E-state index is 14.0. The summed E-state index contributed by atoms with van der Waals surface area (Å²) in [6.07, 6.45) is 3.89. The van der Waals surface area contributed by atoms with Gasteiger partial charge in [-0.05, 0) is 61.4 Å². The van der Waals surface area contributed by atoms with Gasteiger partial charge in [-0.25, -0.2) is 17.5 Å². The minimum Gasteiger partial charge on any atom is -0.331 e. The number of benzene rings is 2. The van der Waals surface area contributed by atoms with Crippen LogP contribution in [0.1, 0.15) is 28.9 Å². The van der Waals surface area contributed by atoms with E-state index in [1.165, 1.54) is 30.6 Å². The van der Waals surface area contributed by atoms with E-state index >= 15 is 0 Å². The standard InChI is InChI=1S/C27H19Cl2FN4O4S/c28-15-3-8-22-20(10-15)23(18-2-1-9-31-26(18)35)25(27(36)33-39(37,38)17-5-6-17)34(22)13-14-12-32-21-7-4-16(30)11-19(21)24(14)29/h1-4,7-12,17H,5-6,13H2,(H,31,35)(H,33,36). The Morgan fingerprint density at radius 1 is 1.13 bits per heavy atom. The van der Waals surface area contributed by atoms with Gasteiger partial charge in [0.25, 0.3) is 11.5 Å². The number of H-pyrrole nitrogens is 1. The molecule has 0 unspecified atom stereocenters. The molecule has 0 spiro atoms. The van der Waals surface area contributed by atoms with Crippen molar-refractivity contribution in [2.24, 2.45) is 0 Å². The number of halogens is 3. The van der Waals surface area contributed by atoms with E-state index in [-0.39, 0.29) is 28.4 Å². The summed E-state index contributed by atoms with van der Waals surface area (Å²) in [7, 11) is -3.93. The van der Waals surface area contributed by atoms with E-state index in [2.05, 4.69) is 14.7 Å². The van der Waals surface area contributed by atoms with Gasteiger partial charge in [-0.1, -0.05) is 23.2 Å². The second kappa shape index (κ2) is 9.48. The third-order valence-electron chi connectivity index (χ3n) is 6.69. The molecule has 1 saturated carbocycles. The van der Waals surface area contributed by atoms with Gasteiger partial charge < -0.3 is 9.55 Å². The van der Waals surface area contributed by atoms with Crippen molar-refractivity contribution in [3.05, 3.63) is 98.4 Å². The maximum Gasteiger partial charge on any atom is 0.282 e. The molecular formula is C27H19Cl2FN4O4S. The van der Waals surface area contributed by atoms with E-state index in [1.54, 1.807) is 34.9 Å². The number of nitrogens with zero attached hydrogens (tertiary/aromatic N) is 2. The number of aromatic amines is 1. The Labute approximate surface area is 231 Å². The average molecular weight is 585 g/mol. The molecule has 0 radical (unpaired) electrons. The molecular weight excluding hydrogens is 566 g/mol. The summed E-state index contributed by atoms with van der Waals surface area (Å²) in [5, 5.41) is 0.782. The molecule has 0 saturated heterocycles. The molecule has 2 N–H and O–H groups in total. The van der Waals surface area contributed by atoms with E-state index < -0.39 is 32.6 Å². The van der Waals surface area contributed by atoms with Crippen molar-refractivity contribution in [2.45, 2.75) is 24.6 Å². The normalized spacial score (nSPS) is 13.7. The highest BCUT2D eigenvalue weighted by molar-refractivity contribution is 7.91. The Morgan fingerprint density at radius 3 is 2.67 bits per heavy atom. The van der Waals surface area contributed by atoms with Crippen molar-refractivity contribution in [2.75, 3.05) is 0 Å². The number of hydrogen-bond donors (Lipinski definition) is 2. The van der Waals surface area contributed by atoms with E-state index in [0.29, 0.717) is 45.2 Å². The number of amides is 1. The Kier molecular flexibility index (Phi) is 6.21. The van der Waals surface area contributed by atoms with Crippen LogP contribution in [0.2, 0.25) is 10.0 Å². The highest BCUT2D eigenvalue weighted by Gasteiger charge is 2.38. The molecule has 198 valence electrons. The predicted octanol–water partition coefficient (Wildman–Crippen LogP) is 5.26. The summed E-state index contributed by atoms with van der Waals surface area (Å²) in [5.41, 5.74) is 1.27. The van der Waals surface area contributed by atoms with Crippen LogP contribution in [0.3, 0.4) is 0 Å². The second-order valence-corrected chi connectivity index (χ2v) is 12.1. The van der Waals surface area contributed by atoms with Crippen molar-refractivity contribution in [3.8, 4) is 11.1 Å². The van der Waals surface area contributed by atoms with Gasteiger partial charge in [-0.15, -0.1) is 0 Å². The van der Waals surface area contributed by atoms with Gasteiger partial charge in [0, 0.05) is 50.4 Å². The third kappa shape index (κ3) is 4.58. The number of carbonyl (C=O) groups excluding carboxylic acids is 1. The summed E-state index contributed by atoms with van der Waals surface area (Å²) < 4.78 is 43.3. The molecule has 0 aliphatic heterocycles. The topological polar surface area (TPSA) is 114 Å². The smallest absolute Gasteiger partial charge is 0.282 e. The highest BCUT2D eigenvalue weighted by Crippen LogP contribution is 2.37. The molecule has 39 heavy (non-hydrogen) atoms. The lowest BCUT2D eigenvalue weighted by Gasteiger charge is -2.14. The van der Waals surface area contributed by atoms with Crippen LogP contribution >= 0.6 is 23.2 Å². The summed E-state index contributed by atoms with van der Waals surface area (Å²) in [6.45, 7) is -0.0343. The fourth-order valence-electron chi connectivity index (χ4n) is 4.71. The fraction of sp³-hybridized carbons (Fsp3) is 0.148. The fourth-order valence-corrected chi connectivity index (χ4v) is 6.42. The number of pyridine rings is 2. The number of rotatable bonds is 6. The first-order valence-corrected chi connectivity index (χ1v) is 14.2. The zero-order valence-electron chi connectivity index (χ0n) is 20.0. The zero-order valence-corrected chi connectivity index (χ0v) is 22.4. The minimum absolute atomic E-state index is 0.0343. The van der Waals surface area contributed by atoms with E-state index in [1.807, 2.05) is 0 Å². The first-order chi connectivity index (χ1) is 18.6. The van der Waals surface area contributed by atoms with Crippen LogP contribution in [-0.4, -0.2) is 34.1 Å². The summed E-state index contributed by atoms with van der Waals surface area (Å²) in [4.78, 5) is 33.6. The molecule has 1 amide bonds. The Bertz CT molecular complexity index is 1980. The van der Waals surface area contributed by atoms with Gasteiger partial charge in [0.2, 0.25) is 10.0 Å². The molecule has 6 rings (SSSR count). The van der Waals surface area contributed by atoms with Crippen molar-refractivity contribution in [1.82, 2.24) is 19.3 Å². The van der Waals surface area contributed by atoms with Crippen LogP contribution in [0.25, 0.3) is 32.9 Å². The molecule has 5 aromatic rings. The minimum atomic E-state index is -3.93. The Hall–Kier alpha value is -3.73. The van der Waals surface area contributed by atoms with Gasteiger partial charge in [0.15, 0.2) is 0 Å². The number of fused-ring (bicyclic) bond motifs is 2. The number of aromatic nitrogens is 3. The molecule has 2 aromatic carbocycles. The van der Waals surface area contributed by atoms with Gasteiger partial charge >= 0.3 is 0 Å². The van der Waals surface area contributed by atoms with E-state index in [9.17, 15) is 22.4 Å². The second-order valence-electron chi connectivity index (χ2n) is 9.32. The van der Waals surface area contributed by atoms with Crippen molar-refractivity contribution >= 4 is 60.9 Å². The van der Waals surface area contributed by atoms with Gasteiger partial charge in [-0.3, -0.25) is 14.6 Å². The van der Waals surface area contributed by atoms with E-state index in [4.69, 9.17) is 23.2 Å². The molecule has 1 fully saturated rings. The molecule has 3 aromatic heterocycles. The molecule has 1 aliphatic rings. The van der Waals surface area contributed by atoms with Gasteiger partial charge in [0.05, 0.1) is 22.3 Å². The van der Waals surface area contributed by atoms with Crippen molar-refractivity contribution in [3.63, 3.8) is 0 Å². The maximum absolute atomic E-state index is 14.0. The van der Waals surface area contributed by atoms with Crippen LogP contribution in [0, 0.1) is 5.82 Å². The lowest BCUT2D eigenvalue weighted by molar-refractivity contribution is 0.0974. The molecule has 12 heteroatoms. The quantitative estimate of drug-likeness (QED) is 0.282. The van der Waals surface area contributed by atoms with Crippen LogP contribution in [0.15, 0.2) is 65.7 Å². The largest absolute Gasteiger partial charge is 0.331 e. The Balaban J connectivity index is 1.62. The van der Waals surface area contributed by atoms with E-state index in [0.717, 1.165) is 0 Å². The molecule has 0 atom stereocenters. The monoisotopic (exact) mass is 584 g/mol. The predicted molar refractivity (Wildman–Crippen MR) is 148 cm³/mol. The van der Waals surface area contributed by atoms with Crippen LogP contribution in [-0.2, 0) is 16.6 Å². The number of hydrogen-bond acceptors (Lipinski definition) is 5. The lowest BCUT2D eigenvalue weighted by Crippen LogP contribution is -2.35. The summed E-state index contributed by atoms with van der Waals surface area (Å²) in [5.74, 6) is -1.39. The number of carbonyl (C=O) groups is 1. The number of sulfonamides is 1. The van der Waals surface area contributed by atoms with Crippen LogP contribution in [0.4, 0.5) is 4.39 Å². The zero-order chi connectivity index (χ0) is 27.5. The summed E-state index contributed by atoms with van der Waals surface area (Å²) in [6, 6.07) is 12.1.